The Labute approximate surface area is 157 Å². The van der Waals surface area contributed by atoms with Gasteiger partial charge < -0.3 is 10.2 Å². The zero-order valence-electron chi connectivity index (χ0n) is 15.3. The van der Waals surface area contributed by atoms with Gasteiger partial charge >= 0.3 is 0 Å². The van der Waals surface area contributed by atoms with Gasteiger partial charge in [-0.15, -0.1) is 0 Å². The van der Waals surface area contributed by atoms with E-state index >= 15 is 0 Å². The molecule has 0 bridgehead atoms. The van der Waals surface area contributed by atoms with E-state index in [1.165, 1.54) is 0 Å². The third-order valence-corrected chi connectivity index (χ3v) is 4.88. The Morgan fingerprint density at radius 2 is 1.74 bits per heavy atom. The number of amides is 2. The molecule has 6 heteroatoms. The van der Waals surface area contributed by atoms with E-state index in [0.29, 0.717) is 5.69 Å². The SMILES string of the molecule is Cc1ccc(NC(=O)Cn2nc(C(=O)N3CCCC3)c3ccccc32)cc1. The average molecular weight is 362 g/mol. The van der Waals surface area contributed by atoms with Crippen LogP contribution in [0.1, 0.15) is 28.9 Å². The van der Waals surface area contributed by atoms with Gasteiger partial charge in [0.05, 0.1) is 5.52 Å². The van der Waals surface area contributed by atoms with Gasteiger partial charge in [-0.1, -0.05) is 35.9 Å². The van der Waals surface area contributed by atoms with Gasteiger partial charge in [-0.2, -0.15) is 5.10 Å². The van der Waals surface area contributed by atoms with Crippen LogP contribution in [0, 0.1) is 6.92 Å². The Bertz CT molecular complexity index is 985. The molecule has 1 N–H and O–H groups in total. The number of aromatic nitrogens is 2. The van der Waals surface area contributed by atoms with Crippen molar-refractivity contribution < 1.29 is 9.59 Å². The Morgan fingerprint density at radius 3 is 2.48 bits per heavy atom. The van der Waals surface area contributed by atoms with E-state index in [9.17, 15) is 9.59 Å². The molecule has 0 saturated carbocycles. The van der Waals surface area contributed by atoms with Crippen molar-refractivity contribution in [2.24, 2.45) is 0 Å². The number of aryl methyl sites for hydroxylation is 1. The zero-order valence-corrected chi connectivity index (χ0v) is 15.3. The molecule has 1 saturated heterocycles. The highest BCUT2D eigenvalue weighted by Crippen LogP contribution is 2.22. The lowest BCUT2D eigenvalue weighted by Crippen LogP contribution is -2.28. The molecule has 0 spiro atoms. The maximum absolute atomic E-state index is 12.8. The van der Waals surface area contributed by atoms with Gasteiger partial charge in [-0.3, -0.25) is 14.3 Å². The lowest BCUT2D eigenvalue weighted by Gasteiger charge is -2.13. The predicted octanol–water partition coefficient (Wildman–Crippen LogP) is 3.22. The fourth-order valence-electron chi connectivity index (χ4n) is 3.45. The molecule has 0 atom stereocenters. The molecule has 1 fully saturated rings. The van der Waals surface area contributed by atoms with Crippen LogP contribution in [-0.4, -0.2) is 39.6 Å². The van der Waals surface area contributed by atoms with Crippen molar-refractivity contribution >= 4 is 28.4 Å². The lowest BCUT2D eigenvalue weighted by molar-refractivity contribution is -0.116. The summed E-state index contributed by atoms with van der Waals surface area (Å²) in [6.07, 6.45) is 2.06. The highest BCUT2D eigenvalue weighted by molar-refractivity contribution is 6.05. The summed E-state index contributed by atoms with van der Waals surface area (Å²) < 4.78 is 1.61. The highest BCUT2D eigenvalue weighted by Gasteiger charge is 2.25. The minimum absolute atomic E-state index is 0.0543. The van der Waals surface area contributed by atoms with Crippen molar-refractivity contribution in [1.29, 1.82) is 0 Å². The van der Waals surface area contributed by atoms with Crippen LogP contribution >= 0.6 is 0 Å². The molecular formula is C21H22N4O2. The Kier molecular flexibility index (Phi) is 4.62. The quantitative estimate of drug-likeness (QED) is 0.775. The van der Waals surface area contributed by atoms with E-state index in [2.05, 4.69) is 10.4 Å². The first kappa shape index (κ1) is 17.3. The van der Waals surface area contributed by atoms with Crippen LogP contribution in [0.15, 0.2) is 48.5 Å². The number of nitrogens with one attached hydrogen (secondary N) is 1. The van der Waals surface area contributed by atoms with Crippen LogP contribution in [0.3, 0.4) is 0 Å². The summed E-state index contributed by atoms with van der Waals surface area (Å²) in [7, 11) is 0. The second kappa shape index (κ2) is 7.23. The number of rotatable bonds is 4. The third-order valence-electron chi connectivity index (χ3n) is 4.88. The van der Waals surface area contributed by atoms with Crippen molar-refractivity contribution in [3.8, 4) is 0 Å². The molecule has 1 aliphatic heterocycles. The van der Waals surface area contributed by atoms with Gasteiger partial charge in [-0.05, 0) is 38.0 Å². The number of likely N-dealkylation sites (tertiary alicyclic amines) is 1. The van der Waals surface area contributed by atoms with Gasteiger partial charge in [0.15, 0.2) is 5.69 Å². The molecule has 2 heterocycles. The van der Waals surface area contributed by atoms with E-state index < -0.39 is 0 Å². The zero-order chi connectivity index (χ0) is 18.8. The monoisotopic (exact) mass is 362 g/mol. The lowest BCUT2D eigenvalue weighted by atomic mass is 10.2. The summed E-state index contributed by atoms with van der Waals surface area (Å²) in [4.78, 5) is 27.1. The van der Waals surface area contributed by atoms with E-state index in [1.54, 1.807) is 4.68 Å². The molecule has 1 aliphatic rings. The van der Waals surface area contributed by atoms with Crippen molar-refractivity contribution in [3.05, 3.63) is 59.8 Å². The summed E-state index contributed by atoms with van der Waals surface area (Å²) in [6, 6.07) is 15.2. The molecule has 0 radical (unpaired) electrons. The number of para-hydroxylation sites is 1. The molecule has 1 aromatic heterocycles. The molecule has 4 rings (SSSR count). The third kappa shape index (κ3) is 3.56. The number of hydrogen-bond acceptors (Lipinski definition) is 3. The number of anilines is 1. The van der Waals surface area contributed by atoms with Gasteiger partial charge in [0.25, 0.3) is 5.91 Å². The second-order valence-electron chi connectivity index (χ2n) is 6.94. The fourth-order valence-corrected chi connectivity index (χ4v) is 3.45. The van der Waals surface area contributed by atoms with E-state index in [-0.39, 0.29) is 18.4 Å². The number of carbonyl (C=O) groups excluding carboxylic acids is 2. The normalized spacial score (nSPS) is 13.9. The maximum atomic E-state index is 12.8. The van der Waals surface area contributed by atoms with E-state index in [0.717, 1.165) is 48.1 Å². The molecule has 3 aromatic rings. The van der Waals surface area contributed by atoms with Gasteiger partial charge in [0.1, 0.15) is 6.54 Å². The second-order valence-corrected chi connectivity index (χ2v) is 6.94. The number of carbonyl (C=O) groups is 2. The largest absolute Gasteiger partial charge is 0.337 e. The molecule has 2 aromatic carbocycles. The Hall–Kier alpha value is -3.15. The number of benzene rings is 2. The molecule has 6 nitrogen and oxygen atoms in total. The standard InChI is InChI=1S/C21H22N4O2/c1-15-8-10-16(11-9-15)22-19(26)14-25-18-7-3-2-6-17(18)20(23-25)21(27)24-12-4-5-13-24/h2-3,6-11H,4-5,12-14H2,1H3,(H,22,26). The molecule has 27 heavy (non-hydrogen) atoms. The first-order chi connectivity index (χ1) is 13.1. The van der Waals surface area contributed by atoms with Crippen LogP contribution in [0.5, 0.6) is 0 Å². The number of nitrogens with zero attached hydrogens (tertiary/aromatic N) is 3. The first-order valence-electron chi connectivity index (χ1n) is 9.23. The van der Waals surface area contributed by atoms with Crippen LogP contribution in [0.2, 0.25) is 0 Å². The first-order valence-corrected chi connectivity index (χ1v) is 9.23. The van der Waals surface area contributed by atoms with Gasteiger partial charge in [-0.25, -0.2) is 0 Å². The topological polar surface area (TPSA) is 67.2 Å². The molecule has 2 amide bonds. The summed E-state index contributed by atoms with van der Waals surface area (Å²) in [5.74, 6) is -0.228. The summed E-state index contributed by atoms with van der Waals surface area (Å²) in [5.41, 5.74) is 3.10. The van der Waals surface area contributed by atoms with Crippen LogP contribution < -0.4 is 5.32 Å². The highest BCUT2D eigenvalue weighted by atomic mass is 16.2. The Morgan fingerprint density at radius 1 is 1.04 bits per heavy atom. The minimum Gasteiger partial charge on any atom is -0.337 e. The number of hydrogen-bond donors (Lipinski definition) is 1. The molecular weight excluding hydrogens is 340 g/mol. The summed E-state index contributed by atoms with van der Waals surface area (Å²) in [5, 5.41) is 8.16. The van der Waals surface area contributed by atoms with E-state index in [1.807, 2.05) is 60.4 Å². The van der Waals surface area contributed by atoms with Crippen molar-refractivity contribution in [1.82, 2.24) is 14.7 Å². The predicted molar refractivity (Wildman–Crippen MR) is 105 cm³/mol. The van der Waals surface area contributed by atoms with Gasteiger partial charge in [0.2, 0.25) is 5.91 Å². The van der Waals surface area contributed by atoms with Crippen LogP contribution in [-0.2, 0) is 11.3 Å². The van der Waals surface area contributed by atoms with Crippen molar-refractivity contribution in [2.75, 3.05) is 18.4 Å². The van der Waals surface area contributed by atoms with E-state index in [4.69, 9.17) is 0 Å². The van der Waals surface area contributed by atoms with Crippen LogP contribution in [0.25, 0.3) is 10.9 Å². The summed E-state index contributed by atoms with van der Waals surface area (Å²) >= 11 is 0. The Balaban J connectivity index is 1.59. The van der Waals surface area contributed by atoms with Gasteiger partial charge in [0, 0.05) is 24.2 Å². The maximum Gasteiger partial charge on any atom is 0.275 e. The van der Waals surface area contributed by atoms with Crippen molar-refractivity contribution in [2.45, 2.75) is 26.3 Å². The molecule has 0 aliphatic carbocycles. The van der Waals surface area contributed by atoms with Crippen LogP contribution in [0.4, 0.5) is 5.69 Å². The summed E-state index contributed by atoms with van der Waals surface area (Å²) in [6.45, 7) is 3.60. The minimum atomic E-state index is -0.174. The smallest absolute Gasteiger partial charge is 0.275 e. The molecule has 0 unspecified atom stereocenters. The average Bonchev–Trinajstić information content (AvgIpc) is 3.32. The number of fused-ring (bicyclic) bond motifs is 1. The van der Waals surface area contributed by atoms with Crippen molar-refractivity contribution in [3.63, 3.8) is 0 Å². The fraction of sp³-hybridized carbons (Fsp3) is 0.286. The molecule has 138 valence electrons.